The van der Waals surface area contributed by atoms with Gasteiger partial charge in [0.2, 0.25) is 11.6 Å². The molecule has 1 atom stereocenters. The number of hydrogen-bond donors (Lipinski definition) is 1. The fourth-order valence-electron chi connectivity index (χ4n) is 5.17. The monoisotopic (exact) mass is 580 g/mol. The lowest BCUT2D eigenvalue weighted by molar-refractivity contribution is 0.0702. The Morgan fingerprint density at radius 1 is 1.05 bits per heavy atom. The van der Waals surface area contributed by atoms with Gasteiger partial charge < -0.3 is 29.1 Å². The summed E-state index contributed by atoms with van der Waals surface area (Å²) in [7, 11) is 0. The average Bonchev–Trinajstić information content (AvgIpc) is 3.32. The zero-order valence-electron chi connectivity index (χ0n) is 25.2. The van der Waals surface area contributed by atoms with E-state index in [9.17, 15) is 10.1 Å². The van der Waals surface area contributed by atoms with Gasteiger partial charge in [-0.05, 0) is 74.1 Å². The molecule has 0 fully saturated rings. The number of fused-ring (bicyclic) bond motifs is 2. The summed E-state index contributed by atoms with van der Waals surface area (Å²) in [6.07, 6.45) is 1.80. The quantitative estimate of drug-likeness (QED) is 0.151. The van der Waals surface area contributed by atoms with Crippen molar-refractivity contribution in [2.24, 2.45) is 11.7 Å². The van der Waals surface area contributed by atoms with Crippen LogP contribution in [0.2, 0.25) is 0 Å². The smallest absolute Gasteiger partial charge is 0.379 e. The number of ether oxygens (including phenoxy) is 4. The third-order valence-electron chi connectivity index (χ3n) is 7.55. The van der Waals surface area contributed by atoms with Gasteiger partial charge in [0.25, 0.3) is 0 Å². The van der Waals surface area contributed by atoms with Crippen LogP contribution >= 0.6 is 0 Å². The highest BCUT2D eigenvalue weighted by Crippen LogP contribution is 2.45. The summed E-state index contributed by atoms with van der Waals surface area (Å²) in [5.41, 5.74) is 10.5. The van der Waals surface area contributed by atoms with Gasteiger partial charge in [-0.25, -0.2) is 4.79 Å². The predicted molar refractivity (Wildman–Crippen MR) is 164 cm³/mol. The average molecular weight is 581 g/mol. The van der Waals surface area contributed by atoms with Gasteiger partial charge in [0, 0.05) is 22.6 Å². The highest BCUT2D eigenvalue weighted by Gasteiger charge is 2.32. The molecule has 8 heteroatoms. The minimum atomic E-state index is -0.616. The number of rotatable bonds is 10. The van der Waals surface area contributed by atoms with Crippen LogP contribution in [-0.4, -0.2) is 19.2 Å². The maximum Gasteiger partial charge on any atom is 0.379 e. The van der Waals surface area contributed by atoms with Crippen molar-refractivity contribution in [3.05, 3.63) is 94.1 Å². The van der Waals surface area contributed by atoms with Crippen LogP contribution in [0.15, 0.2) is 70.5 Å². The molecule has 0 saturated carbocycles. The number of hydrogen-bond acceptors (Lipinski definition) is 8. The minimum absolute atomic E-state index is 0.0152. The summed E-state index contributed by atoms with van der Waals surface area (Å²) >= 11 is 0. The minimum Gasteiger partial charge on any atom is -0.490 e. The van der Waals surface area contributed by atoms with E-state index < -0.39 is 11.9 Å². The molecule has 1 unspecified atom stereocenters. The second-order valence-electron chi connectivity index (χ2n) is 10.9. The van der Waals surface area contributed by atoms with Crippen LogP contribution in [-0.2, 0) is 6.42 Å². The van der Waals surface area contributed by atoms with Crippen LogP contribution in [0.1, 0.15) is 72.8 Å². The second kappa shape index (κ2) is 12.5. The fourth-order valence-corrected chi connectivity index (χ4v) is 5.17. The summed E-state index contributed by atoms with van der Waals surface area (Å²) < 4.78 is 29.3. The Bertz CT molecular complexity index is 1740. The first-order chi connectivity index (χ1) is 20.7. The van der Waals surface area contributed by atoms with Crippen molar-refractivity contribution >= 4 is 16.9 Å². The van der Waals surface area contributed by atoms with E-state index in [4.69, 9.17) is 29.1 Å². The van der Waals surface area contributed by atoms with Crippen molar-refractivity contribution in [1.82, 2.24) is 0 Å². The summed E-state index contributed by atoms with van der Waals surface area (Å²) in [6, 6.07) is 18.8. The molecular weight excluding hydrogens is 544 g/mol. The Labute approximate surface area is 251 Å². The third kappa shape index (κ3) is 6.02. The molecule has 0 saturated heterocycles. The second-order valence-corrected chi connectivity index (χ2v) is 10.9. The van der Waals surface area contributed by atoms with Gasteiger partial charge in [-0.2, -0.15) is 5.26 Å². The van der Waals surface area contributed by atoms with E-state index in [1.807, 2.05) is 50.2 Å². The number of carbonyl (C=O) groups excluding carboxylic acids is 1. The van der Waals surface area contributed by atoms with Gasteiger partial charge in [-0.15, -0.1) is 0 Å². The molecule has 4 aromatic rings. The Balaban J connectivity index is 1.45. The van der Waals surface area contributed by atoms with Crippen LogP contribution in [0.3, 0.4) is 0 Å². The van der Waals surface area contributed by atoms with E-state index in [0.717, 1.165) is 34.9 Å². The number of esters is 1. The molecule has 0 aliphatic carbocycles. The van der Waals surface area contributed by atoms with Crippen LogP contribution in [0.25, 0.3) is 11.0 Å². The molecule has 2 N–H and O–H groups in total. The van der Waals surface area contributed by atoms with Gasteiger partial charge in [0.15, 0.2) is 11.5 Å². The number of nitriles is 1. The molecule has 43 heavy (non-hydrogen) atoms. The topological polar surface area (TPSA) is 117 Å². The molecule has 0 spiro atoms. The molecule has 222 valence electrons. The van der Waals surface area contributed by atoms with Crippen LogP contribution in [0.4, 0.5) is 0 Å². The van der Waals surface area contributed by atoms with Crippen LogP contribution in [0, 0.1) is 24.2 Å². The molecule has 8 nitrogen and oxygen atoms in total. The first-order valence-electron chi connectivity index (χ1n) is 14.6. The number of allylic oxidation sites excluding steroid dienone is 1. The van der Waals surface area contributed by atoms with Crippen molar-refractivity contribution in [3.63, 3.8) is 0 Å². The number of aryl methyl sites for hydroxylation is 2. The molecule has 1 aromatic heterocycles. The van der Waals surface area contributed by atoms with E-state index in [1.54, 1.807) is 18.2 Å². The van der Waals surface area contributed by atoms with Gasteiger partial charge in [-0.3, -0.25) is 0 Å². The Morgan fingerprint density at radius 2 is 1.86 bits per heavy atom. The maximum absolute atomic E-state index is 13.2. The summed E-state index contributed by atoms with van der Waals surface area (Å²) in [6.45, 7) is 11.1. The predicted octanol–water partition coefficient (Wildman–Crippen LogP) is 7.56. The Kier molecular flexibility index (Phi) is 8.63. The largest absolute Gasteiger partial charge is 0.490 e. The molecule has 5 rings (SSSR count). The van der Waals surface area contributed by atoms with Crippen molar-refractivity contribution in [2.45, 2.75) is 53.4 Å². The number of furan rings is 1. The summed E-state index contributed by atoms with van der Waals surface area (Å²) in [5.74, 6) is 1.38. The molecule has 2 heterocycles. The summed E-state index contributed by atoms with van der Waals surface area (Å²) in [4.78, 5) is 13.2. The van der Waals surface area contributed by atoms with E-state index >= 15 is 0 Å². The van der Waals surface area contributed by atoms with Gasteiger partial charge in [-0.1, -0.05) is 39.0 Å². The van der Waals surface area contributed by atoms with Crippen molar-refractivity contribution in [2.75, 3.05) is 13.2 Å². The van der Waals surface area contributed by atoms with E-state index in [1.165, 1.54) is 0 Å². The van der Waals surface area contributed by atoms with E-state index in [2.05, 4.69) is 26.8 Å². The molecule has 1 aliphatic heterocycles. The normalized spacial score (nSPS) is 14.3. The zero-order valence-corrected chi connectivity index (χ0v) is 25.2. The lowest BCUT2D eigenvalue weighted by Gasteiger charge is -2.27. The lowest BCUT2D eigenvalue weighted by atomic mass is 9.83. The molecule has 0 bridgehead atoms. The summed E-state index contributed by atoms with van der Waals surface area (Å²) in [5, 5.41) is 10.9. The zero-order chi connectivity index (χ0) is 30.7. The fraction of sp³-hybridized carbons (Fsp3) is 0.314. The van der Waals surface area contributed by atoms with E-state index in [0.29, 0.717) is 47.5 Å². The van der Waals surface area contributed by atoms with Crippen molar-refractivity contribution in [1.29, 1.82) is 5.26 Å². The van der Waals surface area contributed by atoms with Crippen LogP contribution < -0.4 is 24.7 Å². The Hall–Kier alpha value is -4.90. The Morgan fingerprint density at radius 3 is 2.58 bits per heavy atom. The van der Waals surface area contributed by atoms with E-state index in [-0.39, 0.29) is 23.0 Å². The van der Waals surface area contributed by atoms with Crippen LogP contribution in [0.5, 0.6) is 23.0 Å². The highest BCUT2D eigenvalue weighted by atomic mass is 16.5. The number of nitrogens with zero attached hydrogens (tertiary/aromatic N) is 1. The van der Waals surface area contributed by atoms with Crippen molar-refractivity contribution in [3.8, 4) is 29.1 Å². The molecule has 1 aliphatic rings. The molecule has 3 aromatic carbocycles. The van der Waals surface area contributed by atoms with Gasteiger partial charge >= 0.3 is 5.97 Å². The standard InChI is InChI=1S/C35H36N2O6/c1-6-22-8-12-28-26(16-22)21(5)33(42-28)35(38)41-24-10-11-25-30(18-24)43-34(37)27(19-36)32(25)23-9-13-29(31(17-23)39-7-2)40-15-14-20(3)4/h8-13,16-18,20,32H,6-7,14-15,37H2,1-5H3. The molecular formula is C35H36N2O6. The SMILES string of the molecule is CCOc1cc(C2C(C#N)=C(N)Oc3cc(OC(=O)c4oc5ccc(CC)cc5c4C)ccc32)ccc1OCCC(C)C. The lowest BCUT2D eigenvalue weighted by Crippen LogP contribution is -2.21. The number of carbonyl (C=O) groups is 1. The maximum atomic E-state index is 13.2. The molecule has 0 amide bonds. The molecule has 0 radical (unpaired) electrons. The first kappa shape index (κ1) is 29.6. The number of nitrogens with two attached hydrogens (primary N) is 1. The highest BCUT2D eigenvalue weighted by molar-refractivity contribution is 5.97. The first-order valence-corrected chi connectivity index (χ1v) is 14.6. The van der Waals surface area contributed by atoms with Gasteiger partial charge in [0.1, 0.15) is 28.7 Å². The number of benzene rings is 3. The van der Waals surface area contributed by atoms with Crippen molar-refractivity contribution < 1.29 is 28.2 Å². The van der Waals surface area contributed by atoms with Gasteiger partial charge in [0.05, 0.1) is 19.1 Å². The third-order valence-corrected chi connectivity index (χ3v) is 7.55.